The van der Waals surface area contributed by atoms with E-state index < -0.39 is 0 Å². The summed E-state index contributed by atoms with van der Waals surface area (Å²) in [4.78, 5) is 13.6. The van der Waals surface area contributed by atoms with E-state index in [1.54, 1.807) is 6.07 Å². The van der Waals surface area contributed by atoms with Gasteiger partial charge in [0.05, 0.1) is 0 Å². The van der Waals surface area contributed by atoms with Crippen molar-refractivity contribution in [2.24, 2.45) is 0 Å². The number of carbonyl (C=O) groups excluding carboxylic acids is 1. The largest absolute Gasteiger partial charge is 0.368 e. The highest BCUT2D eigenvalue weighted by Crippen LogP contribution is 2.29. The molecule has 0 amide bonds. The summed E-state index contributed by atoms with van der Waals surface area (Å²) in [7, 11) is 0. The summed E-state index contributed by atoms with van der Waals surface area (Å²) in [5.41, 5.74) is 1.76. The lowest BCUT2D eigenvalue weighted by Gasteiger charge is -2.32. The Labute approximate surface area is 114 Å². The van der Waals surface area contributed by atoms with Crippen LogP contribution in [0.3, 0.4) is 0 Å². The van der Waals surface area contributed by atoms with Crippen molar-refractivity contribution in [3.8, 4) is 0 Å². The van der Waals surface area contributed by atoms with Crippen LogP contribution in [-0.2, 0) is 0 Å². The molecule has 1 aromatic carbocycles. The molecular formula is C15H20ClNO. The first-order chi connectivity index (χ1) is 8.76. The van der Waals surface area contributed by atoms with Gasteiger partial charge in [0.15, 0.2) is 6.29 Å². The predicted octanol–water partition coefficient (Wildman–Crippen LogP) is 4.31. The fourth-order valence-electron chi connectivity index (χ4n) is 2.80. The van der Waals surface area contributed by atoms with Crippen molar-refractivity contribution >= 4 is 23.6 Å². The van der Waals surface area contributed by atoms with Crippen LogP contribution in [0.25, 0.3) is 0 Å². The van der Waals surface area contributed by atoms with E-state index in [9.17, 15) is 4.79 Å². The summed E-state index contributed by atoms with van der Waals surface area (Å²) >= 11 is 5.96. The van der Waals surface area contributed by atoms with Crippen molar-refractivity contribution in [3.63, 3.8) is 0 Å². The Bertz CT molecular complexity index is 419. The quantitative estimate of drug-likeness (QED) is 0.759. The molecule has 0 aliphatic carbocycles. The van der Waals surface area contributed by atoms with Crippen molar-refractivity contribution in [1.82, 2.24) is 0 Å². The molecule has 18 heavy (non-hydrogen) atoms. The highest BCUT2D eigenvalue weighted by atomic mass is 35.5. The molecule has 2 nitrogen and oxygen atoms in total. The van der Waals surface area contributed by atoms with Gasteiger partial charge in [0.2, 0.25) is 0 Å². The van der Waals surface area contributed by atoms with Gasteiger partial charge in [-0.05, 0) is 37.5 Å². The van der Waals surface area contributed by atoms with Gasteiger partial charge in [-0.3, -0.25) is 4.79 Å². The average molecular weight is 266 g/mol. The first-order valence-corrected chi connectivity index (χ1v) is 7.15. The van der Waals surface area contributed by atoms with Crippen LogP contribution in [0.15, 0.2) is 18.2 Å². The monoisotopic (exact) mass is 265 g/mol. The second kappa shape index (κ2) is 6.24. The first kappa shape index (κ1) is 13.4. The van der Waals surface area contributed by atoms with Crippen molar-refractivity contribution in [3.05, 3.63) is 28.8 Å². The second-order valence-corrected chi connectivity index (χ2v) is 5.36. The Kier molecular flexibility index (Phi) is 4.65. The second-order valence-electron chi connectivity index (χ2n) is 4.93. The minimum atomic E-state index is 0.548. The van der Waals surface area contributed by atoms with E-state index in [2.05, 4.69) is 11.8 Å². The lowest BCUT2D eigenvalue weighted by molar-refractivity contribution is 0.112. The molecule has 98 valence electrons. The van der Waals surface area contributed by atoms with Gasteiger partial charge in [-0.1, -0.05) is 31.4 Å². The summed E-state index contributed by atoms with van der Waals surface area (Å²) in [6.45, 7) is 3.26. The van der Waals surface area contributed by atoms with Gasteiger partial charge < -0.3 is 4.90 Å². The number of anilines is 1. The summed E-state index contributed by atoms with van der Waals surface area (Å²) in [5, 5.41) is 0.628. The molecule has 0 spiro atoms. The molecule has 1 fully saturated rings. The summed E-state index contributed by atoms with van der Waals surface area (Å²) < 4.78 is 0. The number of benzene rings is 1. The van der Waals surface area contributed by atoms with Crippen LogP contribution in [0.4, 0.5) is 5.69 Å². The summed E-state index contributed by atoms with van der Waals surface area (Å²) in [6, 6.07) is 6.18. The number of hydrogen-bond donors (Lipinski definition) is 0. The fourth-order valence-corrected chi connectivity index (χ4v) is 2.98. The van der Waals surface area contributed by atoms with Gasteiger partial charge in [0.1, 0.15) is 0 Å². The highest BCUT2D eigenvalue weighted by molar-refractivity contribution is 6.31. The number of halogens is 1. The zero-order chi connectivity index (χ0) is 13.0. The third kappa shape index (κ3) is 2.86. The van der Waals surface area contributed by atoms with Gasteiger partial charge in [-0.15, -0.1) is 0 Å². The van der Waals surface area contributed by atoms with Crippen molar-refractivity contribution in [1.29, 1.82) is 0 Å². The predicted molar refractivity (Wildman–Crippen MR) is 76.7 cm³/mol. The minimum absolute atomic E-state index is 0.548. The van der Waals surface area contributed by atoms with Crippen molar-refractivity contribution in [2.45, 2.75) is 45.1 Å². The summed E-state index contributed by atoms with van der Waals surface area (Å²) in [6.07, 6.45) is 7.05. The zero-order valence-corrected chi connectivity index (χ0v) is 11.6. The van der Waals surface area contributed by atoms with E-state index in [1.165, 1.54) is 25.7 Å². The third-order valence-electron chi connectivity index (χ3n) is 3.77. The topological polar surface area (TPSA) is 20.3 Å². The summed E-state index contributed by atoms with van der Waals surface area (Å²) in [5.74, 6) is 0. The first-order valence-electron chi connectivity index (χ1n) is 6.77. The van der Waals surface area contributed by atoms with Crippen LogP contribution in [0, 0.1) is 0 Å². The molecule has 1 aliphatic rings. The van der Waals surface area contributed by atoms with E-state index in [0.717, 1.165) is 24.9 Å². The lowest BCUT2D eigenvalue weighted by Crippen LogP contribution is -2.35. The van der Waals surface area contributed by atoms with Crippen LogP contribution in [0.2, 0.25) is 5.02 Å². The molecule has 0 radical (unpaired) electrons. The zero-order valence-electron chi connectivity index (χ0n) is 10.9. The van der Waals surface area contributed by atoms with Gasteiger partial charge in [-0.2, -0.15) is 0 Å². The van der Waals surface area contributed by atoms with Crippen LogP contribution >= 0.6 is 11.6 Å². The number of rotatable bonds is 3. The molecular weight excluding hydrogens is 246 g/mol. The SMILES string of the molecule is CCC1CCCCCN1c1ccc(Cl)cc1C=O. The molecule has 1 saturated heterocycles. The number of hydrogen-bond acceptors (Lipinski definition) is 2. The Balaban J connectivity index is 2.35. The molecule has 1 unspecified atom stereocenters. The molecule has 0 saturated carbocycles. The molecule has 0 aromatic heterocycles. The Hall–Kier alpha value is -1.02. The van der Waals surface area contributed by atoms with Crippen LogP contribution in [0.1, 0.15) is 49.4 Å². The lowest BCUT2D eigenvalue weighted by atomic mass is 10.1. The highest BCUT2D eigenvalue weighted by Gasteiger charge is 2.21. The van der Waals surface area contributed by atoms with Gasteiger partial charge in [0.25, 0.3) is 0 Å². The maximum atomic E-state index is 11.2. The minimum Gasteiger partial charge on any atom is -0.368 e. The molecule has 1 aromatic rings. The molecule has 1 heterocycles. The Morgan fingerprint density at radius 1 is 1.39 bits per heavy atom. The van der Waals surface area contributed by atoms with Crippen LogP contribution in [0.5, 0.6) is 0 Å². The van der Waals surface area contributed by atoms with E-state index in [1.807, 2.05) is 12.1 Å². The Morgan fingerprint density at radius 3 is 2.94 bits per heavy atom. The fraction of sp³-hybridized carbons (Fsp3) is 0.533. The Morgan fingerprint density at radius 2 is 2.22 bits per heavy atom. The van der Waals surface area contributed by atoms with Gasteiger partial charge in [-0.25, -0.2) is 0 Å². The molecule has 3 heteroatoms. The molecule has 1 atom stereocenters. The van der Waals surface area contributed by atoms with E-state index >= 15 is 0 Å². The maximum absolute atomic E-state index is 11.2. The molecule has 1 aliphatic heterocycles. The van der Waals surface area contributed by atoms with Crippen LogP contribution in [-0.4, -0.2) is 18.9 Å². The third-order valence-corrected chi connectivity index (χ3v) is 4.01. The van der Waals surface area contributed by atoms with Gasteiger partial charge in [0, 0.05) is 28.9 Å². The number of carbonyl (C=O) groups is 1. The number of aldehydes is 1. The standard InChI is InChI=1S/C15H20ClNO/c1-2-14-6-4-3-5-9-17(14)15-8-7-13(16)10-12(15)11-18/h7-8,10-11,14H,2-6,9H2,1H3. The van der Waals surface area contributed by atoms with E-state index in [4.69, 9.17) is 11.6 Å². The van der Waals surface area contributed by atoms with Gasteiger partial charge >= 0.3 is 0 Å². The molecule has 2 rings (SSSR count). The molecule has 0 N–H and O–H groups in total. The number of nitrogens with zero attached hydrogens (tertiary/aromatic N) is 1. The average Bonchev–Trinajstić information content (AvgIpc) is 2.63. The normalized spacial score (nSPS) is 20.6. The van der Waals surface area contributed by atoms with Crippen molar-refractivity contribution in [2.75, 3.05) is 11.4 Å². The molecule has 0 bridgehead atoms. The smallest absolute Gasteiger partial charge is 0.152 e. The van der Waals surface area contributed by atoms with Crippen LogP contribution < -0.4 is 4.90 Å². The van der Waals surface area contributed by atoms with E-state index in [0.29, 0.717) is 16.6 Å². The van der Waals surface area contributed by atoms with E-state index in [-0.39, 0.29) is 0 Å². The maximum Gasteiger partial charge on any atom is 0.152 e. The van der Waals surface area contributed by atoms with Crippen molar-refractivity contribution < 1.29 is 4.79 Å².